The summed E-state index contributed by atoms with van der Waals surface area (Å²) in [5.74, 6) is 0.840. The van der Waals surface area contributed by atoms with Crippen LogP contribution in [0, 0.1) is 5.82 Å². The van der Waals surface area contributed by atoms with Crippen molar-refractivity contribution in [3.8, 4) is 5.75 Å². The maximum absolute atomic E-state index is 13.7. The summed E-state index contributed by atoms with van der Waals surface area (Å²) in [4.78, 5) is 8.59. The lowest BCUT2D eigenvalue weighted by molar-refractivity contribution is 0.300. The third-order valence-corrected chi connectivity index (χ3v) is 4.92. The summed E-state index contributed by atoms with van der Waals surface area (Å²) in [6.45, 7) is 0.101. The highest BCUT2D eigenvalue weighted by atomic mass is 79.9. The normalized spacial score (nSPS) is 10.4. The Labute approximate surface area is 186 Å². The zero-order valence-electron chi connectivity index (χ0n) is 14.9. The summed E-state index contributed by atoms with van der Waals surface area (Å²) in [7, 11) is 0. The Morgan fingerprint density at radius 1 is 1.03 bits per heavy atom. The minimum atomic E-state index is -0.307. The number of hydrogen-bond donors (Lipinski definition) is 1. The van der Waals surface area contributed by atoms with Crippen LogP contribution in [0.5, 0.6) is 5.75 Å². The number of nitrogens with zero attached hydrogens (tertiary/aromatic N) is 2. The fraction of sp³-hybridized carbons (Fsp3) is 0.0476. The Morgan fingerprint density at radius 3 is 2.66 bits per heavy atom. The smallest absolute Gasteiger partial charge is 0.141 e. The first-order valence-corrected chi connectivity index (χ1v) is 9.60. The summed E-state index contributed by atoms with van der Waals surface area (Å²) < 4.78 is 20.3. The summed E-state index contributed by atoms with van der Waals surface area (Å²) >= 11 is 9.81. The molecule has 0 aliphatic heterocycles. The van der Waals surface area contributed by atoms with Crippen LogP contribution in [0.1, 0.15) is 5.56 Å². The lowest BCUT2D eigenvalue weighted by Crippen LogP contribution is -2.00. The molecule has 0 amide bonds. The molecule has 1 N–H and O–H groups in total. The van der Waals surface area contributed by atoms with Gasteiger partial charge in [-0.25, -0.2) is 14.4 Å². The molecule has 8 heteroatoms. The zero-order valence-corrected chi connectivity index (χ0v) is 18.1. The number of halogens is 4. The molecule has 4 nitrogen and oxygen atoms in total. The maximum atomic E-state index is 13.7. The van der Waals surface area contributed by atoms with Crippen molar-refractivity contribution in [3.63, 3.8) is 0 Å². The number of aromatic nitrogens is 2. The van der Waals surface area contributed by atoms with Crippen LogP contribution in [-0.2, 0) is 6.61 Å². The van der Waals surface area contributed by atoms with Crippen molar-refractivity contribution in [3.05, 3.63) is 87.9 Å². The summed E-state index contributed by atoms with van der Waals surface area (Å²) in [6.07, 6.45) is 1.51. The first-order valence-electron chi connectivity index (χ1n) is 8.43. The van der Waals surface area contributed by atoms with Gasteiger partial charge >= 0.3 is 0 Å². The third-order valence-electron chi connectivity index (χ3n) is 4.13. The number of rotatable bonds is 5. The van der Waals surface area contributed by atoms with Crippen LogP contribution in [0.25, 0.3) is 10.9 Å². The number of hydrogen-bond acceptors (Lipinski definition) is 4. The van der Waals surface area contributed by atoms with E-state index in [4.69, 9.17) is 16.3 Å². The van der Waals surface area contributed by atoms with E-state index in [9.17, 15) is 4.39 Å². The average Bonchev–Trinajstić information content (AvgIpc) is 2.69. The van der Waals surface area contributed by atoms with Gasteiger partial charge in [-0.1, -0.05) is 45.7 Å². The summed E-state index contributed by atoms with van der Waals surface area (Å²) in [5.41, 5.74) is 2.05. The molecule has 148 valence electrons. The second-order valence-electron chi connectivity index (χ2n) is 6.03. The van der Waals surface area contributed by atoms with E-state index >= 15 is 0 Å². The van der Waals surface area contributed by atoms with Gasteiger partial charge in [-0.15, -0.1) is 12.4 Å². The molecule has 4 aromatic rings. The van der Waals surface area contributed by atoms with Crippen LogP contribution < -0.4 is 10.1 Å². The molecule has 0 unspecified atom stereocenters. The molecule has 0 saturated carbocycles. The van der Waals surface area contributed by atoms with E-state index in [-0.39, 0.29) is 24.8 Å². The Hall–Kier alpha value is -2.41. The van der Waals surface area contributed by atoms with Gasteiger partial charge in [-0.3, -0.25) is 0 Å². The largest absolute Gasteiger partial charge is 0.487 e. The Kier molecular flexibility index (Phi) is 6.90. The van der Waals surface area contributed by atoms with Crippen molar-refractivity contribution >= 4 is 62.3 Å². The lowest BCUT2D eigenvalue weighted by atomic mass is 10.2. The van der Waals surface area contributed by atoms with Crippen LogP contribution in [0.2, 0.25) is 5.02 Å². The molecule has 4 rings (SSSR count). The number of fused-ring (bicyclic) bond motifs is 1. The molecular weight excluding hydrogens is 480 g/mol. The number of nitrogens with one attached hydrogen (secondary N) is 1. The predicted octanol–water partition coefficient (Wildman–Crippen LogP) is 6.93. The number of anilines is 2. The van der Waals surface area contributed by atoms with Crippen molar-refractivity contribution in [2.75, 3.05) is 5.32 Å². The molecule has 1 heterocycles. The molecule has 0 fully saturated rings. The quantitative estimate of drug-likeness (QED) is 0.326. The predicted molar refractivity (Wildman–Crippen MR) is 120 cm³/mol. The Bertz CT molecular complexity index is 1160. The van der Waals surface area contributed by atoms with Gasteiger partial charge in [0.15, 0.2) is 0 Å². The molecule has 1 aromatic heterocycles. The first-order chi connectivity index (χ1) is 13.6. The average molecular weight is 495 g/mol. The minimum Gasteiger partial charge on any atom is -0.487 e. The van der Waals surface area contributed by atoms with E-state index in [1.807, 2.05) is 24.3 Å². The second-order valence-corrected chi connectivity index (χ2v) is 7.36. The highest BCUT2D eigenvalue weighted by Crippen LogP contribution is 2.31. The standard InChI is InChI=1S/C21H14BrClFN3O.ClH/c22-14-5-7-19-16(9-14)21(26-12-25-19)27-15-6-8-20(17(23)10-15)28-11-13-3-1-2-4-18(13)24;/h1-10,12H,11H2,(H,25,26,27);1H. The Balaban J connectivity index is 0.00000240. The van der Waals surface area contributed by atoms with Gasteiger partial charge in [0.1, 0.15) is 30.3 Å². The molecule has 0 aliphatic carbocycles. The van der Waals surface area contributed by atoms with Crippen molar-refractivity contribution in [2.24, 2.45) is 0 Å². The highest BCUT2D eigenvalue weighted by molar-refractivity contribution is 9.10. The van der Waals surface area contributed by atoms with E-state index in [0.29, 0.717) is 22.2 Å². The van der Waals surface area contributed by atoms with Gasteiger partial charge in [0, 0.05) is 21.1 Å². The number of benzene rings is 3. The van der Waals surface area contributed by atoms with E-state index in [1.54, 1.807) is 30.3 Å². The van der Waals surface area contributed by atoms with Gasteiger partial charge in [-0.05, 0) is 42.5 Å². The molecule has 0 saturated heterocycles. The van der Waals surface area contributed by atoms with Gasteiger partial charge in [0.05, 0.1) is 10.5 Å². The molecule has 3 aromatic carbocycles. The van der Waals surface area contributed by atoms with Gasteiger partial charge in [0.2, 0.25) is 0 Å². The van der Waals surface area contributed by atoms with E-state index in [0.717, 1.165) is 21.1 Å². The SMILES string of the molecule is Cl.Fc1ccccc1COc1ccc(Nc2ncnc3ccc(Br)cc23)cc1Cl. The van der Waals surface area contributed by atoms with Crippen LogP contribution in [0.4, 0.5) is 15.9 Å². The molecule has 0 bridgehead atoms. The van der Waals surface area contributed by atoms with Crippen molar-refractivity contribution < 1.29 is 9.13 Å². The van der Waals surface area contributed by atoms with Crippen LogP contribution >= 0.6 is 39.9 Å². The van der Waals surface area contributed by atoms with Crippen LogP contribution in [0.3, 0.4) is 0 Å². The van der Waals surface area contributed by atoms with Gasteiger partial charge in [0.25, 0.3) is 0 Å². The van der Waals surface area contributed by atoms with Crippen molar-refractivity contribution in [2.45, 2.75) is 6.61 Å². The summed E-state index contributed by atoms with van der Waals surface area (Å²) in [5, 5.41) is 4.55. The molecular formula is C21H15BrCl2FN3O. The molecule has 0 aliphatic rings. The highest BCUT2D eigenvalue weighted by Gasteiger charge is 2.09. The van der Waals surface area contributed by atoms with E-state index in [2.05, 4.69) is 31.2 Å². The van der Waals surface area contributed by atoms with Crippen molar-refractivity contribution in [1.82, 2.24) is 9.97 Å². The van der Waals surface area contributed by atoms with Crippen LogP contribution in [0.15, 0.2) is 71.5 Å². The van der Waals surface area contributed by atoms with Gasteiger partial charge < -0.3 is 10.1 Å². The topological polar surface area (TPSA) is 47.0 Å². The van der Waals surface area contributed by atoms with Gasteiger partial charge in [-0.2, -0.15) is 0 Å². The van der Waals surface area contributed by atoms with Crippen LogP contribution in [-0.4, -0.2) is 9.97 Å². The molecule has 29 heavy (non-hydrogen) atoms. The van der Waals surface area contributed by atoms with E-state index < -0.39 is 0 Å². The fourth-order valence-electron chi connectivity index (χ4n) is 2.73. The monoisotopic (exact) mass is 493 g/mol. The molecule has 0 spiro atoms. The zero-order chi connectivity index (χ0) is 19.5. The maximum Gasteiger partial charge on any atom is 0.141 e. The number of ether oxygens (including phenoxy) is 1. The minimum absolute atomic E-state index is 0. The Morgan fingerprint density at radius 2 is 1.86 bits per heavy atom. The fourth-order valence-corrected chi connectivity index (χ4v) is 3.33. The third kappa shape index (κ3) is 4.96. The van der Waals surface area contributed by atoms with Crippen molar-refractivity contribution in [1.29, 1.82) is 0 Å². The lowest BCUT2D eigenvalue weighted by Gasteiger charge is -2.12. The summed E-state index contributed by atoms with van der Waals surface area (Å²) in [6, 6.07) is 17.6. The first kappa shape index (κ1) is 21.3. The molecule has 0 atom stereocenters. The molecule has 0 radical (unpaired) electrons. The van der Waals surface area contributed by atoms with E-state index in [1.165, 1.54) is 12.4 Å². The second kappa shape index (κ2) is 9.39.